The van der Waals surface area contributed by atoms with Gasteiger partial charge in [-0.25, -0.2) is 9.97 Å². The number of fused-ring (bicyclic) bond motifs is 1. The summed E-state index contributed by atoms with van der Waals surface area (Å²) in [6.45, 7) is 15.4. The Morgan fingerprint density at radius 3 is 2.72 bits per heavy atom. The number of Topliss-reactive ketones (excluding diaryl/α,β-unsaturated/α-hetero) is 1. The lowest BCUT2D eigenvalue weighted by atomic mass is 10.0. The van der Waals surface area contributed by atoms with Crippen LogP contribution in [-0.2, 0) is 25.1 Å². The fourth-order valence-electron chi connectivity index (χ4n) is 3.88. The van der Waals surface area contributed by atoms with Gasteiger partial charge < -0.3 is 18.9 Å². The topological polar surface area (TPSA) is 108 Å². The molecule has 0 spiro atoms. The van der Waals surface area contributed by atoms with E-state index < -0.39 is 8.32 Å². The Kier molecular flexibility index (Phi) is 9.59. The molecule has 1 fully saturated rings. The molecule has 0 radical (unpaired) electrons. The molecule has 11 heteroatoms. The van der Waals surface area contributed by atoms with Gasteiger partial charge in [-0.05, 0) is 30.8 Å². The molecule has 3 atom stereocenters. The largest absolute Gasteiger partial charge is 0.414 e. The van der Waals surface area contributed by atoms with Crippen molar-refractivity contribution in [1.29, 1.82) is 0 Å². The first-order valence-electron chi connectivity index (χ1n) is 12.7. The van der Waals surface area contributed by atoms with E-state index in [9.17, 15) is 9.59 Å². The highest BCUT2D eigenvalue weighted by Crippen LogP contribution is 2.38. The molecule has 1 aliphatic heterocycles. The predicted molar refractivity (Wildman–Crippen MR) is 146 cm³/mol. The van der Waals surface area contributed by atoms with Crippen molar-refractivity contribution >= 4 is 37.0 Å². The zero-order chi connectivity index (χ0) is 26.7. The van der Waals surface area contributed by atoms with Gasteiger partial charge in [0.1, 0.15) is 23.9 Å². The van der Waals surface area contributed by atoms with Gasteiger partial charge in [0.2, 0.25) is 0 Å². The van der Waals surface area contributed by atoms with Crippen LogP contribution in [0.1, 0.15) is 65.9 Å². The van der Waals surface area contributed by atoms with Crippen molar-refractivity contribution in [3.63, 3.8) is 0 Å². The van der Waals surface area contributed by atoms with Crippen LogP contribution in [0.2, 0.25) is 18.1 Å². The number of aromatic nitrogens is 4. The molecule has 0 aromatic carbocycles. The van der Waals surface area contributed by atoms with Crippen molar-refractivity contribution in [2.45, 2.75) is 96.9 Å². The zero-order valence-corrected chi connectivity index (χ0v) is 24.7. The number of rotatable bonds is 12. The minimum absolute atomic E-state index is 0.00951. The molecule has 9 nitrogen and oxygen atoms in total. The summed E-state index contributed by atoms with van der Waals surface area (Å²) in [5, 5.41) is 0.0995. The highest BCUT2D eigenvalue weighted by atomic mass is 32.2. The number of aromatic amines is 1. The van der Waals surface area contributed by atoms with E-state index in [-0.39, 0.29) is 46.3 Å². The Balaban J connectivity index is 1.79. The Morgan fingerprint density at radius 2 is 2.08 bits per heavy atom. The number of aryl methyl sites for hydroxylation is 1. The summed E-state index contributed by atoms with van der Waals surface area (Å²) in [7, 11) is -1.95. The standard InChI is InChI=1S/C25H42N4O5SSi/c1-16(2)17(30)10-9-11-20-27-23-22(24(31)28-20)26-14-29(23)21-12-18(32-15-35-6)19(34-21)13-33-36(7,8)25(3,4)5/h14,16,18-19,21H,9-13,15H2,1-8H3,(H,27,28,31)/t18-,19-,21-/m1/s1. The van der Waals surface area contributed by atoms with Crippen LogP contribution in [0.15, 0.2) is 11.1 Å². The minimum Gasteiger partial charge on any atom is -0.414 e. The molecule has 1 saturated heterocycles. The number of imidazole rings is 1. The molecule has 0 amide bonds. The smallest absolute Gasteiger partial charge is 0.279 e. The third-order valence-electron chi connectivity index (χ3n) is 7.27. The van der Waals surface area contributed by atoms with Gasteiger partial charge in [-0.2, -0.15) is 0 Å². The van der Waals surface area contributed by atoms with Crippen molar-refractivity contribution in [3.8, 4) is 0 Å². The van der Waals surface area contributed by atoms with Gasteiger partial charge in [-0.15, -0.1) is 11.8 Å². The monoisotopic (exact) mass is 538 g/mol. The Morgan fingerprint density at radius 1 is 1.36 bits per heavy atom. The number of hydrogen-bond donors (Lipinski definition) is 1. The lowest BCUT2D eigenvalue weighted by molar-refractivity contribution is -0.121. The number of carbonyl (C=O) groups is 1. The number of nitrogens with one attached hydrogen (secondary N) is 1. The maximum absolute atomic E-state index is 12.7. The Labute approximate surface area is 219 Å². The second-order valence-electron chi connectivity index (χ2n) is 11.4. The Bertz CT molecular complexity index is 1090. The highest BCUT2D eigenvalue weighted by Gasteiger charge is 2.42. The minimum atomic E-state index is -1.95. The first-order chi connectivity index (χ1) is 16.8. The van der Waals surface area contributed by atoms with E-state index in [2.05, 4.69) is 43.8 Å². The first kappa shape index (κ1) is 29.0. The summed E-state index contributed by atoms with van der Waals surface area (Å²) in [5.41, 5.74) is 0.488. The summed E-state index contributed by atoms with van der Waals surface area (Å²) in [6, 6.07) is 0. The number of nitrogens with zero attached hydrogens (tertiary/aromatic N) is 3. The van der Waals surface area contributed by atoms with Gasteiger partial charge in [-0.3, -0.25) is 14.2 Å². The normalized spacial score (nSPS) is 21.1. The number of ether oxygens (including phenoxy) is 2. The van der Waals surface area contributed by atoms with E-state index in [1.807, 2.05) is 24.7 Å². The van der Waals surface area contributed by atoms with E-state index >= 15 is 0 Å². The zero-order valence-electron chi connectivity index (χ0n) is 22.9. The van der Waals surface area contributed by atoms with Crippen LogP contribution in [0.4, 0.5) is 0 Å². The fraction of sp³-hybridized carbons (Fsp3) is 0.760. The molecule has 0 unspecified atom stereocenters. The van der Waals surface area contributed by atoms with Crippen LogP contribution < -0.4 is 5.56 Å². The fourth-order valence-corrected chi connectivity index (χ4v) is 5.20. The third-order valence-corrected chi connectivity index (χ3v) is 12.1. The van der Waals surface area contributed by atoms with Crippen LogP contribution in [-0.4, -0.2) is 64.6 Å². The molecular formula is C25H42N4O5SSi. The second-order valence-corrected chi connectivity index (χ2v) is 17.0. The summed E-state index contributed by atoms with van der Waals surface area (Å²) >= 11 is 1.62. The molecule has 3 rings (SSSR count). The van der Waals surface area contributed by atoms with Gasteiger partial charge >= 0.3 is 0 Å². The van der Waals surface area contributed by atoms with Crippen LogP contribution in [0, 0.1) is 5.92 Å². The van der Waals surface area contributed by atoms with E-state index in [0.29, 0.717) is 49.7 Å². The summed E-state index contributed by atoms with van der Waals surface area (Å²) in [6.07, 6.45) is 5.14. The molecule has 1 aliphatic rings. The Hall–Kier alpha value is -1.53. The SMILES string of the molecule is CSCO[C@@H]1C[C@H](n2cnc3c(=O)[nH]c(CCCC(=O)C(C)C)nc32)O[C@@H]1CO[Si](C)(C)C(C)(C)C. The van der Waals surface area contributed by atoms with Gasteiger partial charge in [0.15, 0.2) is 19.5 Å². The van der Waals surface area contributed by atoms with Crippen molar-refractivity contribution in [2.75, 3.05) is 18.8 Å². The van der Waals surface area contributed by atoms with Gasteiger partial charge in [0.05, 0.1) is 25.0 Å². The van der Waals surface area contributed by atoms with E-state index in [4.69, 9.17) is 18.9 Å². The van der Waals surface area contributed by atoms with Crippen LogP contribution in [0.25, 0.3) is 11.2 Å². The summed E-state index contributed by atoms with van der Waals surface area (Å²) in [5.74, 6) is 1.34. The molecule has 0 saturated carbocycles. The van der Waals surface area contributed by atoms with Crippen LogP contribution in [0.3, 0.4) is 0 Å². The predicted octanol–water partition coefficient (Wildman–Crippen LogP) is 4.68. The maximum Gasteiger partial charge on any atom is 0.279 e. The number of thioether (sulfide) groups is 1. The van der Waals surface area contributed by atoms with Gasteiger partial charge in [-0.1, -0.05) is 34.6 Å². The number of hydrogen-bond acceptors (Lipinski definition) is 8. The molecule has 0 aliphatic carbocycles. The number of ketones is 1. The second kappa shape index (κ2) is 11.9. The van der Waals surface area contributed by atoms with Crippen molar-refractivity contribution in [2.24, 2.45) is 5.92 Å². The molecule has 3 heterocycles. The quantitative estimate of drug-likeness (QED) is 0.306. The molecule has 202 valence electrons. The van der Waals surface area contributed by atoms with E-state index in [0.717, 1.165) is 0 Å². The molecular weight excluding hydrogens is 496 g/mol. The highest BCUT2D eigenvalue weighted by molar-refractivity contribution is 7.98. The van der Waals surface area contributed by atoms with Crippen LogP contribution in [0.5, 0.6) is 0 Å². The van der Waals surface area contributed by atoms with Crippen molar-refractivity contribution < 1.29 is 18.7 Å². The number of H-pyrrole nitrogens is 1. The third kappa shape index (κ3) is 6.86. The number of carbonyl (C=O) groups excluding carboxylic acids is 1. The maximum atomic E-state index is 12.7. The van der Waals surface area contributed by atoms with Crippen molar-refractivity contribution in [3.05, 3.63) is 22.5 Å². The summed E-state index contributed by atoms with van der Waals surface area (Å²) < 4.78 is 20.8. The van der Waals surface area contributed by atoms with Crippen molar-refractivity contribution in [1.82, 2.24) is 19.5 Å². The van der Waals surface area contributed by atoms with E-state index in [1.165, 1.54) is 0 Å². The lowest BCUT2D eigenvalue weighted by Crippen LogP contribution is -2.44. The molecule has 36 heavy (non-hydrogen) atoms. The molecule has 1 N–H and O–H groups in total. The van der Waals surface area contributed by atoms with Crippen LogP contribution >= 0.6 is 11.8 Å². The summed E-state index contributed by atoms with van der Waals surface area (Å²) in [4.78, 5) is 36.5. The lowest BCUT2D eigenvalue weighted by Gasteiger charge is -2.37. The average Bonchev–Trinajstić information content (AvgIpc) is 3.39. The van der Waals surface area contributed by atoms with Gasteiger partial charge in [0.25, 0.3) is 5.56 Å². The van der Waals surface area contributed by atoms with E-state index in [1.54, 1.807) is 18.1 Å². The average molecular weight is 539 g/mol. The molecule has 2 aromatic heterocycles. The molecule has 0 bridgehead atoms. The first-order valence-corrected chi connectivity index (χ1v) is 17.0. The van der Waals surface area contributed by atoms with Gasteiger partial charge in [0, 0.05) is 25.2 Å². The molecule has 2 aromatic rings.